The van der Waals surface area contributed by atoms with Crippen LogP contribution in [0.1, 0.15) is 5.56 Å². The van der Waals surface area contributed by atoms with Gasteiger partial charge in [0.05, 0.1) is 0 Å². The van der Waals surface area contributed by atoms with Crippen LogP contribution >= 0.6 is 11.6 Å². The smallest absolute Gasteiger partial charge is 0.131 e. The zero-order valence-electron chi connectivity index (χ0n) is 12.1. The first-order valence-corrected chi connectivity index (χ1v) is 7.31. The van der Waals surface area contributed by atoms with E-state index in [0.29, 0.717) is 5.15 Å². The molecule has 1 aromatic heterocycles. The Morgan fingerprint density at radius 1 is 0.955 bits per heavy atom. The number of pyridine rings is 1. The molecule has 0 amide bonds. The minimum Gasteiger partial charge on any atom is -0.457 e. The molecule has 0 fully saturated rings. The van der Waals surface area contributed by atoms with E-state index >= 15 is 0 Å². The van der Waals surface area contributed by atoms with Gasteiger partial charge in [0.2, 0.25) is 0 Å². The lowest BCUT2D eigenvalue weighted by molar-refractivity contribution is 0.482. The molecule has 3 aromatic rings. The van der Waals surface area contributed by atoms with E-state index in [1.165, 1.54) is 0 Å². The van der Waals surface area contributed by atoms with Gasteiger partial charge < -0.3 is 10.1 Å². The molecule has 3 rings (SSSR count). The highest BCUT2D eigenvalue weighted by atomic mass is 35.5. The highest BCUT2D eigenvalue weighted by Crippen LogP contribution is 2.28. The topological polar surface area (TPSA) is 34.1 Å². The van der Waals surface area contributed by atoms with Gasteiger partial charge in [0.1, 0.15) is 16.7 Å². The zero-order valence-corrected chi connectivity index (χ0v) is 12.8. The third-order valence-electron chi connectivity index (χ3n) is 3.18. The normalized spacial score (nSPS) is 10.3. The van der Waals surface area contributed by atoms with Gasteiger partial charge >= 0.3 is 0 Å². The van der Waals surface area contributed by atoms with Gasteiger partial charge in [-0.1, -0.05) is 29.8 Å². The van der Waals surface area contributed by atoms with Crippen LogP contribution < -0.4 is 10.1 Å². The highest BCUT2D eigenvalue weighted by Gasteiger charge is 2.03. The van der Waals surface area contributed by atoms with Crippen LogP contribution in [0.25, 0.3) is 0 Å². The summed E-state index contributed by atoms with van der Waals surface area (Å²) in [6, 6.07) is 19.3. The molecule has 1 N–H and O–H groups in total. The quantitative estimate of drug-likeness (QED) is 0.639. The fraction of sp³-hybridized carbons (Fsp3) is 0.0556. The molecule has 3 nitrogen and oxygen atoms in total. The lowest BCUT2D eigenvalue weighted by atomic mass is 10.2. The van der Waals surface area contributed by atoms with Crippen molar-refractivity contribution < 1.29 is 4.74 Å². The number of ether oxygens (including phenoxy) is 1. The Kier molecular flexibility index (Phi) is 4.26. The van der Waals surface area contributed by atoms with E-state index in [-0.39, 0.29) is 0 Å². The average Bonchev–Trinajstić information content (AvgIpc) is 2.51. The Bertz CT molecular complexity index is 775. The Morgan fingerprint density at radius 3 is 2.50 bits per heavy atom. The van der Waals surface area contributed by atoms with Crippen LogP contribution in [0.4, 0.5) is 11.4 Å². The first-order chi connectivity index (χ1) is 10.7. The first-order valence-electron chi connectivity index (χ1n) is 6.93. The molecule has 0 spiro atoms. The number of nitrogens with zero attached hydrogens (tertiary/aromatic N) is 1. The van der Waals surface area contributed by atoms with Crippen molar-refractivity contribution in [3.63, 3.8) is 0 Å². The largest absolute Gasteiger partial charge is 0.457 e. The number of para-hydroxylation sites is 1. The summed E-state index contributed by atoms with van der Waals surface area (Å²) in [5.41, 5.74) is 2.99. The fourth-order valence-electron chi connectivity index (χ4n) is 2.10. The van der Waals surface area contributed by atoms with Crippen LogP contribution in [0.3, 0.4) is 0 Å². The molecule has 0 bridgehead atoms. The minimum atomic E-state index is 0.465. The molecule has 0 saturated carbocycles. The second-order valence-corrected chi connectivity index (χ2v) is 5.27. The summed E-state index contributed by atoms with van der Waals surface area (Å²) in [4.78, 5) is 3.97. The average molecular weight is 311 g/mol. The summed E-state index contributed by atoms with van der Waals surface area (Å²) in [6.07, 6.45) is 1.67. The van der Waals surface area contributed by atoms with Crippen molar-refractivity contribution in [2.45, 2.75) is 6.92 Å². The van der Waals surface area contributed by atoms with Crippen molar-refractivity contribution in [2.75, 3.05) is 5.32 Å². The van der Waals surface area contributed by atoms with Gasteiger partial charge in [-0.25, -0.2) is 4.98 Å². The number of aryl methyl sites for hydroxylation is 1. The van der Waals surface area contributed by atoms with E-state index in [9.17, 15) is 0 Å². The summed E-state index contributed by atoms with van der Waals surface area (Å²) < 4.78 is 5.82. The fourth-order valence-corrected chi connectivity index (χ4v) is 2.27. The van der Waals surface area contributed by atoms with Gasteiger partial charge in [0, 0.05) is 17.6 Å². The molecule has 0 radical (unpaired) electrons. The third-order valence-corrected chi connectivity index (χ3v) is 3.39. The predicted molar refractivity (Wildman–Crippen MR) is 90.2 cm³/mol. The summed E-state index contributed by atoms with van der Waals surface area (Å²) in [6.45, 7) is 2.03. The first kappa shape index (κ1) is 14.4. The molecule has 0 aliphatic heterocycles. The number of hydrogen-bond acceptors (Lipinski definition) is 3. The number of nitrogens with one attached hydrogen (secondary N) is 1. The van der Waals surface area contributed by atoms with Gasteiger partial charge in [-0.2, -0.15) is 0 Å². The minimum absolute atomic E-state index is 0.465. The number of rotatable bonds is 4. The molecule has 0 unspecified atom stereocenters. The third kappa shape index (κ3) is 3.57. The standard InChI is InChI=1S/C18H15ClN2O/c1-13-11-16(22-15-5-3-2-4-6-15)7-8-17(13)21-14-9-10-20-18(19)12-14/h2-12H,1H3,(H,20,21). The van der Waals surface area contributed by atoms with Gasteiger partial charge in [-0.3, -0.25) is 0 Å². The SMILES string of the molecule is Cc1cc(Oc2ccccc2)ccc1Nc1ccnc(Cl)c1. The maximum absolute atomic E-state index is 5.90. The molecule has 0 atom stereocenters. The van der Waals surface area contributed by atoms with E-state index in [2.05, 4.69) is 10.3 Å². The molecule has 22 heavy (non-hydrogen) atoms. The molecule has 4 heteroatoms. The van der Waals surface area contributed by atoms with Crippen LogP contribution in [0.2, 0.25) is 5.15 Å². The lowest BCUT2D eigenvalue weighted by Crippen LogP contribution is -1.94. The van der Waals surface area contributed by atoms with Gasteiger partial charge in [-0.05, 0) is 55.0 Å². The van der Waals surface area contributed by atoms with Gasteiger partial charge in [0.15, 0.2) is 0 Å². The molecule has 1 heterocycles. The van der Waals surface area contributed by atoms with Crippen LogP contribution in [0, 0.1) is 6.92 Å². The molecular formula is C18H15ClN2O. The summed E-state index contributed by atoms with van der Waals surface area (Å²) in [5.74, 6) is 1.63. The van der Waals surface area contributed by atoms with Crippen LogP contribution in [-0.4, -0.2) is 4.98 Å². The maximum atomic E-state index is 5.90. The Labute approximate surface area is 134 Å². The second-order valence-electron chi connectivity index (χ2n) is 4.88. The number of halogens is 1. The zero-order chi connectivity index (χ0) is 15.4. The Morgan fingerprint density at radius 2 is 1.77 bits per heavy atom. The molecule has 2 aromatic carbocycles. The molecule has 0 aliphatic carbocycles. The highest BCUT2D eigenvalue weighted by molar-refractivity contribution is 6.29. The van der Waals surface area contributed by atoms with E-state index < -0.39 is 0 Å². The van der Waals surface area contributed by atoms with Gasteiger partial charge in [0.25, 0.3) is 0 Å². The Hall–Kier alpha value is -2.52. The van der Waals surface area contributed by atoms with Gasteiger partial charge in [-0.15, -0.1) is 0 Å². The van der Waals surface area contributed by atoms with E-state index in [1.54, 1.807) is 12.3 Å². The van der Waals surface area contributed by atoms with Crippen molar-refractivity contribution in [1.82, 2.24) is 4.98 Å². The summed E-state index contributed by atoms with van der Waals surface area (Å²) in [7, 11) is 0. The second kappa shape index (κ2) is 6.50. The van der Waals surface area contributed by atoms with Crippen molar-refractivity contribution in [2.24, 2.45) is 0 Å². The van der Waals surface area contributed by atoms with E-state index in [1.807, 2.05) is 61.5 Å². The molecule has 0 saturated heterocycles. The number of anilines is 2. The monoisotopic (exact) mass is 310 g/mol. The summed E-state index contributed by atoms with van der Waals surface area (Å²) >= 11 is 5.90. The molecule has 0 aliphatic rings. The van der Waals surface area contributed by atoms with Crippen molar-refractivity contribution in [1.29, 1.82) is 0 Å². The number of benzene rings is 2. The van der Waals surface area contributed by atoms with Crippen LogP contribution in [0.15, 0.2) is 66.9 Å². The maximum Gasteiger partial charge on any atom is 0.131 e. The van der Waals surface area contributed by atoms with Crippen LogP contribution in [-0.2, 0) is 0 Å². The number of aromatic nitrogens is 1. The molecular weight excluding hydrogens is 296 g/mol. The Balaban J connectivity index is 1.77. The predicted octanol–water partition coefficient (Wildman–Crippen LogP) is 5.58. The lowest BCUT2D eigenvalue weighted by Gasteiger charge is -2.12. The van der Waals surface area contributed by atoms with E-state index in [0.717, 1.165) is 28.4 Å². The van der Waals surface area contributed by atoms with Crippen molar-refractivity contribution >= 4 is 23.0 Å². The van der Waals surface area contributed by atoms with Crippen molar-refractivity contribution in [3.05, 3.63) is 77.6 Å². The van der Waals surface area contributed by atoms with E-state index in [4.69, 9.17) is 16.3 Å². The molecule has 110 valence electrons. The van der Waals surface area contributed by atoms with Crippen LogP contribution in [0.5, 0.6) is 11.5 Å². The van der Waals surface area contributed by atoms with Crippen molar-refractivity contribution in [3.8, 4) is 11.5 Å². The number of hydrogen-bond donors (Lipinski definition) is 1. The summed E-state index contributed by atoms with van der Waals surface area (Å²) in [5, 5.41) is 3.79.